The molecule has 1 atom stereocenters. The predicted octanol–water partition coefficient (Wildman–Crippen LogP) is 2.58. The highest BCUT2D eigenvalue weighted by atomic mass is 35.5. The van der Waals surface area contributed by atoms with Gasteiger partial charge in [-0.1, -0.05) is 37.1 Å². The number of halogens is 1. The minimum atomic E-state index is -0.328. The SMILES string of the molecule is CCCC(N)C(=O)Cc1ccc(Cl)cc1. The summed E-state index contributed by atoms with van der Waals surface area (Å²) in [5.74, 6) is 0.0965. The quantitative estimate of drug-likeness (QED) is 0.837. The zero-order chi connectivity index (χ0) is 11.3. The number of carbonyl (C=O) groups excluding carboxylic acids is 1. The van der Waals surface area contributed by atoms with Crippen molar-refractivity contribution in [3.63, 3.8) is 0 Å². The van der Waals surface area contributed by atoms with Crippen molar-refractivity contribution in [3.05, 3.63) is 34.9 Å². The van der Waals surface area contributed by atoms with Crippen LogP contribution in [0.5, 0.6) is 0 Å². The molecule has 0 aromatic heterocycles. The Morgan fingerprint density at radius 2 is 2.00 bits per heavy atom. The maximum atomic E-state index is 11.6. The fourth-order valence-corrected chi connectivity index (χ4v) is 1.53. The molecule has 2 N–H and O–H groups in total. The van der Waals surface area contributed by atoms with E-state index < -0.39 is 0 Å². The van der Waals surface area contributed by atoms with Crippen LogP contribution in [0.2, 0.25) is 5.02 Å². The molecule has 2 nitrogen and oxygen atoms in total. The molecule has 0 radical (unpaired) electrons. The molecule has 3 heteroatoms. The summed E-state index contributed by atoms with van der Waals surface area (Å²) >= 11 is 5.75. The van der Waals surface area contributed by atoms with Crippen molar-refractivity contribution in [2.45, 2.75) is 32.2 Å². The average molecular weight is 226 g/mol. The Labute approximate surface area is 95.4 Å². The smallest absolute Gasteiger partial charge is 0.153 e. The van der Waals surface area contributed by atoms with Crippen LogP contribution in [-0.4, -0.2) is 11.8 Å². The van der Waals surface area contributed by atoms with E-state index in [1.54, 1.807) is 12.1 Å². The number of rotatable bonds is 5. The summed E-state index contributed by atoms with van der Waals surface area (Å²) in [6.07, 6.45) is 2.10. The highest BCUT2D eigenvalue weighted by molar-refractivity contribution is 6.30. The van der Waals surface area contributed by atoms with Gasteiger partial charge in [0.1, 0.15) is 0 Å². The van der Waals surface area contributed by atoms with Crippen molar-refractivity contribution < 1.29 is 4.79 Å². The Morgan fingerprint density at radius 1 is 1.40 bits per heavy atom. The van der Waals surface area contributed by atoms with E-state index in [0.29, 0.717) is 11.4 Å². The number of nitrogens with two attached hydrogens (primary N) is 1. The van der Waals surface area contributed by atoms with E-state index in [1.807, 2.05) is 19.1 Å². The first-order valence-electron chi connectivity index (χ1n) is 5.16. The normalized spacial score (nSPS) is 12.5. The zero-order valence-electron chi connectivity index (χ0n) is 8.87. The monoisotopic (exact) mass is 225 g/mol. The van der Waals surface area contributed by atoms with Crippen molar-refractivity contribution >= 4 is 17.4 Å². The molecule has 82 valence electrons. The average Bonchev–Trinajstić information content (AvgIpc) is 2.22. The zero-order valence-corrected chi connectivity index (χ0v) is 9.63. The standard InChI is InChI=1S/C12H16ClNO/c1-2-3-11(14)12(15)8-9-4-6-10(13)7-5-9/h4-7,11H,2-3,8,14H2,1H3. The van der Waals surface area contributed by atoms with E-state index in [0.717, 1.165) is 18.4 Å². The van der Waals surface area contributed by atoms with E-state index in [9.17, 15) is 4.79 Å². The van der Waals surface area contributed by atoms with Gasteiger partial charge >= 0.3 is 0 Å². The molecule has 0 aliphatic carbocycles. The van der Waals surface area contributed by atoms with Crippen LogP contribution >= 0.6 is 11.6 Å². The van der Waals surface area contributed by atoms with Gasteiger partial charge in [0.2, 0.25) is 0 Å². The Bertz CT molecular complexity index is 321. The minimum absolute atomic E-state index is 0.0965. The number of benzene rings is 1. The van der Waals surface area contributed by atoms with Gasteiger partial charge in [0.05, 0.1) is 6.04 Å². The van der Waals surface area contributed by atoms with Crippen molar-refractivity contribution in [1.29, 1.82) is 0 Å². The molecule has 0 saturated heterocycles. The van der Waals surface area contributed by atoms with E-state index in [1.165, 1.54) is 0 Å². The molecule has 0 heterocycles. The van der Waals surface area contributed by atoms with Gasteiger partial charge in [-0.05, 0) is 24.1 Å². The third kappa shape index (κ3) is 4.02. The highest BCUT2D eigenvalue weighted by Gasteiger charge is 2.12. The Morgan fingerprint density at radius 3 is 2.53 bits per heavy atom. The van der Waals surface area contributed by atoms with Crippen molar-refractivity contribution in [3.8, 4) is 0 Å². The van der Waals surface area contributed by atoms with E-state index in [4.69, 9.17) is 17.3 Å². The molecule has 0 bridgehead atoms. The van der Waals surface area contributed by atoms with E-state index >= 15 is 0 Å². The highest BCUT2D eigenvalue weighted by Crippen LogP contribution is 2.11. The number of carbonyl (C=O) groups is 1. The summed E-state index contributed by atoms with van der Waals surface area (Å²) in [4.78, 5) is 11.6. The van der Waals surface area contributed by atoms with Crippen LogP contribution in [0.15, 0.2) is 24.3 Å². The van der Waals surface area contributed by atoms with Gasteiger partial charge in [0.15, 0.2) is 5.78 Å². The summed E-state index contributed by atoms with van der Waals surface area (Å²) < 4.78 is 0. The van der Waals surface area contributed by atoms with Crippen LogP contribution in [0.3, 0.4) is 0 Å². The predicted molar refractivity (Wildman–Crippen MR) is 63.0 cm³/mol. The number of hydrogen-bond donors (Lipinski definition) is 1. The lowest BCUT2D eigenvalue weighted by atomic mass is 10.0. The first-order valence-corrected chi connectivity index (χ1v) is 5.54. The maximum Gasteiger partial charge on any atom is 0.153 e. The molecular formula is C12H16ClNO. The molecule has 0 aliphatic rings. The van der Waals surface area contributed by atoms with Gasteiger partial charge in [0, 0.05) is 11.4 Å². The summed E-state index contributed by atoms with van der Waals surface area (Å²) in [6, 6.07) is 6.97. The number of ketones is 1. The molecule has 1 aromatic carbocycles. The molecular weight excluding hydrogens is 210 g/mol. The van der Waals surface area contributed by atoms with Crippen molar-refractivity contribution in [2.24, 2.45) is 5.73 Å². The van der Waals surface area contributed by atoms with Crippen molar-refractivity contribution in [2.75, 3.05) is 0 Å². The molecule has 0 aliphatic heterocycles. The molecule has 0 amide bonds. The summed E-state index contributed by atoms with van der Waals surface area (Å²) in [5.41, 5.74) is 6.70. The number of Topliss-reactive ketones (excluding diaryl/α,β-unsaturated/α-hetero) is 1. The molecule has 0 saturated carbocycles. The maximum absolute atomic E-state index is 11.6. The number of hydrogen-bond acceptors (Lipinski definition) is 2. The molecule has 1 rings (SSSR count). The lowest BCUT2D eigenvalue weighted by Gasteiger charge is -2.08. The van der Waals surface area contributed by atoms with Crippen LogP contribution in [0.4, 0.5) is 0 Å². The van der Waals surface area contributed by atoms with Gasteiger partial charge in [-0.15, -0.1) is 0 Å². The van der Waals surface area contributed by atoms with Gasteiger partial charge in [0.25, 0.3) is 0 Å². The second-order valence-electron chi connectivity index (χ2n) is 3.66. The first-order chi connectivity index (χ1) is 7.13. The molecule has 15 heavy (non-hydrogen) atoms. The molecule has 0 spiro atoms. The Hall–Kier alpha value is -0.860. The first kappa shape index (κ1) is 12.2. The summed E-state index contributed by atoms with van der Waals surface area (Å²) in [5, 5.41) is 0.684. The van der Waals surface area contributed by atoms with Crippen LogP contribution in [0.25, 0.3) is 0 Å². The lowest BCUT2D eigenvalue weighted by Crippen LogP contribution is -2.31. The largest absolute Gasteiger partial charge is 0.321 e. The third-order valence-corrected chi connectivity index (χ3v) is 2.56. The topological polar surface area (TPSA) is 43.1 Å². The van der Waals surface area contributed by atoms with E-state index in [-0.39, 0.29) is 11.8 Å². The van der Waals surface area contributed by atoms with Crippen molar-refractivity contribution in [1.82, 2.24) is 0 Å². The van der Waals surface area contributed by atoms with Gasteiger partial charge in [-0.3, -0.25) is 4.79 Å². The summed E-state index contributed by atoms with van der Waals surface area (Å²) in [7, 11) is 0. The lowest BCUT2D eigenvalue weighted by molar-refractivity contribution is -0.119. The molecule has 1 unspecified atom stereocenters. The third-order valence-electron chi connectivity index (χ3n) is 2.30. The van der Waals surface area contributed by atoms with Gasteiger partial charge in [-0.25, -0.2) is 0 Å². The fourth-order valence-electron chi connectivity index (χ4n) is 1.41. The van der Waals surface area contributed by atoms with E-state index in [2.05, 4.69) is 0 Å². The minimum Gasteiger partial charge on any atom is -0.321 e. The fraction of sp³-hybridized carbons (Fsp3) is 0.417. The molecule has 0 fully saturated rings. The molecule has 1 aromatic rings. The van der Waals surface area contributed by atoms with Crippen LogP contribution in [0, 0.1) is 0 Å². The van der Waals surface area contributed by atoms with Crippen LogP contribution in [-0.2, 0) is 11.2 Å². The van der Waals surface area contributed by atoms with Crippen LogP contribution < -0.4 is 5.73 Å². The Kier molecular flexibility index (Phi) is 4.79. The van der Waals surface area contributed by atoms with Gasteiger partial charge < -0.3 is 5.73 Å². The van der Waals surface area contributed by atoms with Crippen LogP contribution in [0.1, 0.15) is 25.3 Å². The second kappa shape index (κ2) is 5.89. The Balaban J connectivity index is 2.54. The summed E-state index contributed by atoms with van der Waals surface area (Å²) in [6.45, 7) is 2.02. The van der Waals surface area contributed by atoms with Gasteiger partial charge in [-0.2, -0.15) is 0 Å². The second-order valence-corrected chi connectivity index (χ2v) is 4.10.